The summed E-state index contributed by atoms with van der Waals surface area (Å²) in [5, 5.41) is 12.8. The molecule has 2 fully saturated rings. The van der Waals surface area contributed by atoms with Crippen molar-refractivity contribution >= 4 is 11.9 Å². The first-order chi connectivity index (χ1) is 13.8. The summed E-state index contributed by atoms with van der Waals surface area (Å²) < 4.78 is 18.6. The second-order valence-corrected chi connectivity index (χ2v) is 8.31. The lowest BCUT2D eigenvalue weighted by molar-refractivity contribution is -0.153. The van der Waals surface area contributed by atoms with Gasteiger partial charge in [0.2, 0.25) is 5.91 Å². The molecule has 0 bridgehead atoms. The van der Waals surface area contributed by atoms with Crippen LogP contribution in [0.2, 0.25) is 0 Å². The molecule has 1 saturated carbocycles. The lowest BCUT2D eigenvalue weighted by atomic mass is 9.86. The molecule has 1 aromatic rings. The van der Waals surface area contributed by atoms with Crippen molar-refractivity contribution in [1.29, 1.82) is 0 Å². The number of amides is 1. The molecule has 0 unspecified atom stereocenters. The summed E-state index contributed by atoms with van der Waals surface area (Å²) in [6.07, 6.45) is 3.40. The molecular weight excluding hydrogens is 375 g/mol. The Morgan fingerprint density at radius 3 is 2.41 bits per heavy atom. The second-order valence-electron chi connectivity index (χ2n) is 8.31. The van der Waals surface area contributed by atoms with E-state index in [1.54, 1.807) is 12.1 Å². The maximum Gasteiger partial charge on any atom is 0.326 e. The highest BCUT2D eigenvalue weighted by atomic mass is 19.1. The summed E-state index contributed by atoms with van der Waals surface area (Å²) in [7, 11) is 3.19. The first-order valence-electron chi connectivity index (χ1n) is 10.4. The molecule has 29 heavy (non-hydrogen) atoms. The number of benzene rings is 1. The van der Waals surface area contributed by atoms with Crippen LogP contribution in [0.3, 0.4) is 0 Å². The van der Waals surface area contributed by atoms with Crippen LogP contribution in [0, 0.1) is 11.7 Å². The Kier molecular flexibility index (Phi) is 6.58. The molecule has 6 nitrogen and oxygen atoms in total. The zero-order valence-electron chi connectivity index (χ0n) is 17.4. The Labute approximate surface area is 171 Å². The molecule has 1 aromatic carbocycles. The summed E-state index contributed by atoms with van der Waals surface area (Å²) >= 11 is 0. The molecule has 3 atom stereocenters. The Morgan fingerprint density at radius 1 is 1.24 bits per heavy atom. The van der Waals surface area contributed by atoms with Crippen molar-refractivity contribution in [2.45, 2.75) is 69.2 Å². The first-order valence-corrected chi connectivity index (χ1v) is 10.4. The van der Waals surface area contributed by atoms with Crippen molar-refractivity contribution in [3.05, 3.63) is 35.6 Å². The Balaban J connectivity index is 1.89. The summed E-state index contributed by atoms with van der Waals surface area (Å²) in [4.78, 5) is 27.9. The van der Waals surface area contributed by atoms with Gasteiger partial charge in [-0.2, -0.15) is 0 Å². The lowest BCUT2D eigenvalue weighted by Crippen LogP contribution is -2.49. The molecule has 160 valence electrons. The van der Waals surface area contributed by atoms with Gasteiger partial charge in [0.1, 0.15) is 11.4 Å². The Bertz CT molecular complexity index is 733. The van der Waals surface area contributed by atoms with E-state index in [1.165, 1.54) is 19.2 Å². The van der Waals surface area contributed by atoms with E-state index >= 15 is 0 Å². The number of methoxy groups -OCH3 is 1. The number of aliphatic hydroxyl groups is 1. The number of hydrogen-bond acceptors (Lipinski definition) is 5. The van der Waals surface area contributed by atoms with Gasteiger partial charge < -0.3 is 15.2 Å². The molecule has 1 aliphatic heterocycles. The number of esters is 1. The van der Waals surface area contributed by atoms with Gasteiger partial charge in [-0.1, -0.05) is 19.1 Å². The number of carbonyl (C=O) groups excluding carboxylic acids is 2. The van der Waals surface area contributed by atoms with E-state index < -0.39 is 11.5 Å². The number of hydrogen-bond donors (Lipinski definition) is 2. The van der Waals surface area contributed by atoms with Crippen LogP contribution in [-0.2, 0) is 14.3 Å². The Hall–Kier alpha value is -1.99. The van der Waals surface area contributed by atoms with Crippen LogP contribution in [0.4, 0.5) is 4.39 Å². The quantitative estimate of drug-likeness (QED) is 0.735. The van der Waals surface area contributed by atoms with Crippen molar-refractivity contribution in [3.63, 3.8) is 0 Å². The van der Waals surface area contributed by atoms with E-state index in [0.717, 1.165) is 18.4 Å². The van der Waals surface area contributed by atoms with Crippen molar-refractivity contribution in [2.75, 3.05) is 14.2 Å². The fraction of sp³-hybridized carbons (Fsp3) is 0.636. The molecule has 1 saturated heterocycles. The highest BCUT2D eigenvalue weighted by Crippen LogP contribution is 2.48. The predicted octanol–water partition coefficient (Wildman–Crippen LogP) is 2.56. The van der Waals surface area contributed by atoms with E-state index in [1.807, 2.05) is 18.9 Å². The number of aliphatic hydroxyl groups excluding tert-OH is 1. The van der Waals surface area contributed by atoms with Gasteiger partial charge in [0, 0.05) is 12.1 Å². The normalized spacial score (nSPS) is 32.7. The second kappa shape index (κ2) is 8.79. The van der Waals surface area contributed by atoms with Crippen LogP contribution in [0.5, 0.6) is 0 Å². The maximum atomic E-state index is 13.5. The minimum atomic E-state index is -0.904. The SMILES string of the molecule is CC[C@]1(C(=O)OC)C[C@@H](C(=O)NC2CCC(O)CC2)[C@@H](c2ccc(F)cc2)N1C. The van der Waals surface area contributed by atoms with E-state index in [0.29, 0.717) is 25.7 Å². The van der Waals surface area contributed by atoms with Crippen LogP contribution >= 0.6 is 0 Å². The van der Waals surface area contributed by atoms with Gasteiger partial charge in [-0.15, -0.1) is 0 Å². The van der Waals surface area contributed by atoms with Gasteiger partial charge in [-0.05, 0) is 63.3 Å². The molecule has 0 aromatic heterocycles. The lowest BCUT2D eigenvalue weighted by Gasteiger charge is -2.35. The number of likely N-dealkylation sites (tertiary alicyclic amines) is 1. The minimum absolute atomic E-state index is 0.0276. The molecule has 7 heteroatoms. The van der Waals surface area contributed by atoms with Crippen LogP contribution in [0.15, 0.2) is 24.3 Å². The predicted molar refractivity (Wildman–Crippen MR) is 106 cm³/mol. The fourth-order valence-electron chi connectivity index (χ4n) is 4.99. The zero-order valence-corrected chi connectivity index (χ0v) is 17.4. The third kappa shape index (κ3) is 4.16. The molecule has 0 spiro atoms. The monoisotopic (exact) mass is 406 g/mol. The highest BCUT2D eigenvalue weighted by molar-refractivity contribution is 5.86. The Morgan fingerprint density at radius 2 is 1.86 bits per heavy atom. The number of likely N-dealkylation sites (N-methyl/N-ethyl adjacent to an activating group) is 1. The van der Waals surface area contributed by atoms with Gasteiger partial charge in [-0.25, -0.2) is 4.39 Å². The fourth-order valence-corrected chi connectivity index (χ4v) is 4.99. The number of nitrogens with one attached hydrogen (secondary N) is 1. The van der Waals surface area contributed by atoms with E-state index in [9.17, 15) is 19.1 Å². The summed E-state index contributed by atoms with van der Waals surface area (Å²) in [6.45, 7) is 1.91. The van der Waals surface area contributed by atoms with E-state index in [4.69, 9.17) is 4.74 Å². The molecule has 2 N–H and O–H groups in total. The number of ether oxygens (including phenoxy) is 1. The van der Waals surface area contributed by atoms with Crippen molar-refractivity contribution < 1.29 is 23.8 Å². The number of halogens is 1. The third-order valence-electron chi connectivity index (χ3n) is 6.77. The number of carbonyl (C=O) groups is 2. The summed E-state index contributed by atoms with van der Waals surface area (Å²) in [5.41, 5.74) is -0.106. The molecule has 1 aliphatic carbocycles. The van der Waals surface area contributed by atoms with E-state index in [-0.39, 0.29) is 35.9 Å². The van der Waals surface area contributed by atoms with Gasteiger partial charge in [0.25, 0.3) is 0 Å². The van der Waals surface area contributed by atoms with Crippen molar-refractivity contribution in [3.8, 4) is 0 Å². The molecule has 1 heterocycles. The molecule has 1 amide bonds. The largest absolute Gasteiger partial charge is 0.468 e. The summed E-state index contributed by atoms with van der Waals surface area (Å²) in [5.74, 6) is -1.26. The minimum Gasteiger partial charge on any atom is -0.468 e. The van der Waals surface area contributed by atoms with Crippen LogP contribution < -0.4 is 5.32 Å². The molecule has 0 radical (unpaired) electrons. The standard InChI is InChI=1S/C22H31FN2O4/c1-4-22(21(28)29-3)13-18(20(27)24-16-9-11-17(26)12-10-16)19(25(22)2)14-5-7-15(23)8-6-14/h5-8,16-19,26H,4,9-13H2,1-3H3,(H,24,27)/t16?,17?,18-,19-,22-/m1/s1. The third-order valence-corrected chi connectivity index (χ3v) is 6.77. The zero-order chi connectivity index (χ0) is 21.2. The van der Waals surface area contributed by atoms with E-state index in [2.05, 4.69) is 5.32 Å². The van der Waals surface area contributed by atoms with Crippen LogP contribution in [0.1, 0.15) is 57.1 Å². The number of nitrogens with zero attached hydrogens (tertiary/aromatic N) is 1. The van der Waals surface area contributed by atoms with Crippen molar-refractivity contribution in [1.82, 2.24) is 10.2 Å². The van der Waals surface area contributed by atoms with Gasteiger partial charge >= 0.3 is 5.97 Å². The van der Waals surface area contributed by atoms with Gasteiger partial charge in [0.05, 0.1) is 19.1 Å². The smallest absolute Gasteiger partial charge is 0.326 e. The maximum absolute atomic E-state index is 13.5. The summed E-state index contributed by atoms with van der Waals surface area (Å²) in [6, 6.07) is 5.78. The number of rotatable bonds is 5. The average molecular weight is 406 g/mol. The topological polar surface area (TPSA) is 78.9 Å². The molecular formula is C22H31FN2O4. The van der Waals surface area contributed by atoms with Crippen molar-refractivity contribution in [2.24, 2.45) is 5.92 Å². The first kappa shape index (κ1) is 21.7. The highest BCUT2D eigenvalue weighted by Gasteiger charge is 2.56. The average Bonchev–Trinajstić information content (AvgIpc) is 3.03. The van der Waals surface area contributed by atoms with Crippen LogP contribution in [0.25, 0.3) is 0 Å². The van der Waals surface area contributed by atoms with Crippen LogP contribution in [-0.4, -0.2) is 53.7 Å². The van der Waals surface area contributed by atoms with Gasteiger partial charge in [-0.3, -0.25) is 14.5 Å². The van der Waals surface area contributed by atoms with Gasteiger partial charge in [0.15, 0.2) is 0 Å². The molecule has 2 aliphatic rings. The molecule has 3 rings (SSSR count).